The predicted molar refractivity (Wildman–Crippen MR) is 101 cm³/mol. The van der Waals surface area contributed by atoms with Gasteiger partial charge in [-0.1, -0.05) is 17.7 Å². The van der Waals surface area contributed by atoms with E-state index in [1.807, 2.05) is 32.0 Å². The maximum absolute atomic E-state index is 12.2. The van der Waals surface area contributed by atoms with Crippen LogP contribution in [-0.2, 0) is 17.6 Å². The van der Waals surface area contributed by atoms with Crippen molar-refractivity contribution >= 4 is 28.8 Å². The van der Waals surface area contributed by atoms with Gasteiger partial charge in [0.25, 0.3) is 11.8 Å². The fourth-order valence-corrected chi connectivity index (χ4v) is 4.17. The van der Waals surface area contributed by atoms with Crippen molar-refractivity contribution in [3.63, 3.8) is 0 Å². The molecule has 1 heterocycles. The number of anilines is 1. The Bertz CT molecular complexity index is 774. The molecule has 2 aromatic rings. The van der Waals surface area contributed by atoms with Gasteiger partial charge in [0, 0.05) is 10.6 Å². The maximum Gasteiger partial charge on any atom is 0.279 e. The van der Waals surface area contributed by atoms with E-state index in [0.717, 1.165) is 24.1 Å². The van der Waals surface area contributed by atoms with Gasteiger partial charge < -0.3 is 5.32 Å². The van der Waals surface area contributed by atoms with Crippen molar-refractivity contribution in [3.8, 4) is 0 Å². The SMILES string of the molecule is Cc1ccc(NCC(=O)NNC(=O)c2cc3c(s2)CCCC3)c(C)c1. The number of hydrazine groups is 1. The van der Waals surface area contributed by atoms with E-state index < -0.39 is 0 Å². The maximum atomic E-state index is 12.2. The average Bonchev–Trinajstić information content (AvgIpc) is 3.03. The summed E-state index contributed by atoms with van der Waals surface area (Å²) in [6.45, 7) is 4.13. The summed E-state index contributed by atoms with van der Waals surface area (Å²) in [5.41, 5.74) is 9.43. The molecule has 0 aliphatic heterocycles. The average molecular weight is 357 g/mol. The Labute approximate surface area is 151 Å². The van der Waals surface area contributed by atoms with Crippen LogP contribution in [-0.4, -0.2) is 18.4 Å². The summed E-state index contributed by atoms with van der Waals surface area (Å²) in [7, 11) is 0. The minimum atomic E-state index is -0.283. The lowest BCUT2D eigenvalue weighted by molar-refractivity contribution is -0.120. The number of fused-ring (bicyclic) bond motifs is 1. The van der Waals surface area contributed by atoms with E-state index in [-0.39, 0.29) is 18.4 Å². The molecule has 1 aliphatic rings. The Hall–Kier alpha value is -2.34. The zero-order valence-electron chi connectivity index (χ0n) is 14.6. The molecule has 0 saturated carbocycles. The molecular weight excluding hydrogens is 334 g/mol. The molecule has 132 valence electrons. The van der Waals surface area contributed by atoms with E-state index in [1.165, 1.54) is 40.2 Å². The van der Waals surface area contributed by atoms with Gasteiger partial charge in [0.15, 0.2) is 0 Å². The number of hydrogen-bond acceptors (Lipinski definition) is 4. The highest BCUT2D eigenvalue weighted by Gasteiger charge is 2.17. The van der Waals surface area contributed by atoms with Crippen molar-refractivity contribution in [2.45, 2.75) is 39.5 Å². The summed E-state index contributed by atoms with van der Waals surface area (Å²) in [5, 5.41) is 3.08. The smallest absolute Gasteiger partial charge is 0.279 e. The minimum Gasteiger partial charge on any atom is -0.376 e. The van der Waals surface area contributed by atoms with Crippen LogP contribution in [0.3, 0.4) is 0 Å². The van der Waals surface area contributed by atoms with Gasteiger partial charge >= 0.3 is 0 Å². The molecule has 5 nitrogen and oxygen atoms in total. The molecule has 1 aromatic carbocycles. The van der Waals surface area contributed by atoms with Gasteiger partial charge in [-0.2, -0.15) is 0 Å². The zero-order valence-corrected chi connectivity index (χ0v) is 15.4. The molecule has 6 heteroatoms. The molecule has 0 saturated heterocycles. The molecule has 25 heavy (non-hydrogen) atoms. The summed E-state index contributed by atoms with van der Waals surface area (Å²) in [5.74, 6) is -0.533. The summed E-state index contributed by atoms with van der Waals surface area (Å²) in [6.07, 6.45) is 4.48. The Kier molecular flexibility index (Phi) is 5.38. The van der Waals surface area contributed by atoms with Gasteiger partial charge in [0.2, 0.25) is 0 Å². The van der Waals surface area contributed by atoms with Crippen LogP contribution in [0.25, 0.3) is 0 Å². The van der Waals surface area contributed by atoms with E-state index in [4.69, 9.17) is 0 Å². The van der Waals surface area contributed by atoms with Crippen molar-refractivity contribution in [1.29, 1.82) is 0 Å². The molecule has 3 rings (SSSR count). The summed E-state index contributed by atoms with van der Waals surface area (Å²) < 4.78 is 0. The Morgan fingerprint density at radius 1 is 1.08 bits per heavy atom. The van der Waals surface area contributed by atoms with Gasteiger partial charge in [-0.3, -0.25) is 20.4 Å². The predicted octanol–water partition coefficient (Wildman–Crippen LogP) is 3.12. The fraction of sp³-hybridized carbons (Fsp3) is 0.368. The first-order valence-electron chi connectivity index (χ1n) is 8.55. The van der Waals surface area contributed by atoms with E-state index >= 15 is 0 Å². The first kappa shape index (κ1) is 17.5. The third-order valence-corrected chi connectivity index (χ3v) is 5.59. The molecule has 0 fully saturated rings. The first-order valence-corrected chi connectivity index (χ1v) is 9.36. The second-order valence-corrected chi connectivity index (χ2v) is 7.58. The van der Waals surface area contributed by atoms with Crippen LogP contribution in [0.5, 0.6) is 0 Å². The van der Waals surface area contributed by atoms with Crippen molar-refractivity contribution < 1.29 is 9.59 Å². The third kappa shape index (κ3) is 4.39. The third-order valence-electron chi connectivity index (χ3n) is 4.36. The Morgan fingerprint density at radius 3 is 2.64 bits per heavy atom. The highest BCUT2D eigenvalue weighted by atomic mass is 32.1. The van der Waals surface area contributed by atoms with Crippen LogP contribution in [0.2, 0.25) is 0 Å². The summed E-state index contributed by atoms with van der Waals surface area (Å²) in [4.78, 5) is 26.1. The molecule has 0 spiro atoms. The first-order chi connectivity index (χ1) is 12.0. The topological polar surface area (TPSA) is 70.2 Å². The number of hydrogen-bond donors (Lipinski definition) is 3. The number of rotatable bonds is 4. The van der Waals surface area contributed by atoms with Crippen LogP contribution < -0.4 is 16.2 Å². The molecule has 0 bridgehead atoms. The van der Waals surface area contributed by atoms with Crippen LogP contribution in [0.15, 0.2) is 24.3 Å². The molecule has 3 N–H and O–H groups in total. The highest BCUT2D eigenvalue weighted by molar-refractivity contribution is 7.14. The van der Waals surface area contributed by atoms with E-state index in [0.29, 0.717) is 4.88 Å². The number of thiophene rings is 1. The van der Waals surface area contributed by atoms with E-state index in [2.05, 4.69) is 22.2 Å². The number of amides is 2. The Morgan fingerprint density at radius 2 is 1.88 bits per heavy atom. The largest absolute Gasteiger partial charge is 0.376 e. The second kappa shape index (κ2) is 7.70. The van der Waals surface area contributed by atoms with Crippen molar-refractivity contribution in [2.75, 3.05) is 11.9 Å². The van der Waals surface area contributed by atoms with Crippen LogP contribution in [0, 0.1) is 13.8 Å². The second-order valence-electron chi connectivity index (χ2n) is 6.44. The van der Waals surface area contributed by atoms with Crippen LogP contribution in [0.1, 0.15) is 44.1 Å². The lowest BCUT2D eigenvalue weighted by Gasteiger charge is -2.11. The lowest BCUT2D eigenvalue weighted by atomic mass is 9.99. The summed E-state index contributed by atoms with van der Waals surface area (Å²) in [6, 6.07) is 7.95. The lowest BCUT2D eigenvalue weighted by Crippen LogP contribution is -2.43. The van der Waals surface area contributed by atoms with Crippen LogP contribution >= 0.6 is 11.3 Å². The monoisotopic (exact) mass is 357 g/mol. The van der Waals surface area contributed by atoms with Gasteiger partial charge in [-0.25, -0.2) is 0 Å². The standard InChI is InChI=1S/C19H23N3O2S/c1-12-7-8-15(13(2)9-12)20-11-18(23)21-22-19(24)17-10-14-5-3-4-6-16(14)25-17/h7-10,20H,3-6,11H2,1-2H3,(H,21,23)(H,22,24). The molecule has 2 amide bonds. The van der Waals surface area contributed by atoms with Crippen molar-refractivity contribution in [2.24, 2.45) is 0 Å². The van der Waals surface area contributed by atoms with Crippen molar-refractivity contribution in [1.82, 2.24) is 10.9 Å². The molecule has 0 unspecified atom stereocenters. The number of benzene rings is 1. The molecule has 0 radical (unpaired) electrons. The number of nitrogens with one attached hydrogen (secondary N) is 3. The highest BCUT2D eigenvalue weighted by Crippen LogP contribution is 2.29. The van der Waals surface area contributed by atoms with E-state index in [1.54, 1.807) is 0 Å². The normalized spacial score (nSPS) is 13.0. The Balaban J connectivity index is 1.48. The number of carbonyl (C=O) groups is 2. The van der Waals surface area contributed by atoms with E-state index in [9.17, 15) is 9.59 Å². The molecule has 1 aliphatic carbocycles. The van der Waals surface area contributed by atoms with Crippen LogP contribution in [0.4, 0.5) is 5.69 Å². The van der Waals surface area contributed by atoms with Gasteiger partial charge in [-0.05, 0) is 62.8 Å². The fourth-order valence-electron chi connectivity index (χ4n) is 3.02. The zero-order chi connectivity index (χ0) is 17.8. The van der Waals surface area contributed by atoms with Gasteiger partial charge in [-0.15, -0.1) is 11.3 Å². The molecule has 0 atom stereocenters. The minimum absolute atomic E-state index is 0.102. The summed E-state index contributed by atoms with van der Waals surface area (Å²) >= 11 is 1.53. The number of aryl methyl sites for hydroxylation is 4. The van der Waals surface area contributed by atoms with Gasteiger partial charge in [0.1, 0.15) is 0 Å². The number of carbonyl (C=O) groups excluding carboxylic acids is 2. The molecular formula is C19H23N3O2S. The van der Waals surface area contributed by atoms with Crippen molar-refractivity contribution in [3.05, 3.63) is 50.7 Å². The molecule has 1 aromatic heterocycles. The quantitative estimate of drug-likeness (QED) is 0.737. The van der Waals surface area contributed by atoms with Gasteiger partial charge in [0.05, 0.1) is 11.4 Å².